The molecule has 2 aliphatic heterocycles. The minimum atomic E-state index is -0.537. The van der Waals surface area contributed by atoms with Crippen molar-refractivity contribution in [1.29, 1.82) is 0 Å². The molecule has 4 atom stereocenters. The van der Waals surface area contributed by atoms with Gasteiger partial charge in [0.1, 0.15) is 12.2 Å². The predicted molar refractivity (Wildman–Crippen MR) is 125 cm³/mol. The zero-order valence-corrected chi connectivity index (χ0v) is 21.5. The van der Waals surface area contributed by atoms with E-state index in [1.165, 1.54) is 0 Å². The Bertz CT molecular complexity index is 513. The van der Waals surface area contributed by atoms with Crippen LogP contribution in [0.25, 0.3) is 0 Å². The monoisotopic (exact) mass is 446 g/mol. The minimum absolute atomic E-state index is 0. The first-order valence-electron chi connectivity index (χ1n) is 11.1. The highest BCUT2D eigenvalue weighted by Crippen LogP contribution is 2.41. The molecule has 0 unspecified atom stereocenters. The second-order valence-corrected chi connectivity index (χ2v) is 12.6. The molecule has 2 saturated heterocycles. The topological polar surface area (TPSA) is 63.2 Å². The number of rotatable bonds is 2. The van der Waals surface area contributed by atoms with Gasteiger partial charge in [-0.25, -0.2) is 4.79 Å². The van der Waals surface area contributed by atoms with Crippen LogP contribution in [0.5, 0.6) is 0 Å². The molecule has 0 saturated carbocycles. The van der Waals surface area contributed by atoms with Crippen molar-refractivity contribution < 1.29 is 28.5 Å². The van der Waals surface area contributed by atoms with Crippen LogP contribution in [0.2, 0.25) is 0 Å². The summed E-state index contributed by atoms with van der Waals surface area (Å²) in [6, 6.07) is 0. The fraction of sp³-hybridized carbons (Fsp3) is 0.960. The van der Waals surface area contributed by atoms with E-state index in [0.717, 1.165) is 0 Å². The average Bonchev–Trinajstić information content (AvgIpc) is 3.10. The summed E-state index contributed by atoms with van der Waals surface area (Å²) in [4.78, 5) is 11.1. The molecule has 6 heteroatoms. The Kier molecular flexibility index (Phi) is 10.1. The van der Waals surface area contributed by atoms with Crippen molar-refractivity contribution in [2.75, 3.05) is 6.61 Å². The number of carbonyl (C=O) groups excluding carboxylic acids is 1. The van der Waals surface area contributed by atoms with E-state index >= 15 is 0 Å². The maximum Gasteiger partial charge on any atom is 0.509 e. The smallest absolute Gasteiger partial charge is 0.426 e. The number of carbonyl (C=O) groups is 1. The summed E-state index contributed by atoms with van der Waals surface area (Å²) in [6.07, 6.45) is -0.706. The van der Waals surface area contributed by atoms with Crippen LogP contribution < -0.4 is 0 Å². The van der Waals surface area contributed by atoms with Crippen LogP contribution in [-0.4, -0.2) is 43.7 Å². The standard InChI is InChI=1S/C13H26O3.C11H20O3.CH4/c1-8-14-11-15-9(12(2,3)4)10(16-11)13(5,6)7;1-10(2,3)7-8(11(4,5)6)14-9(12)13-7;/h9-11H,8H2,1-7H3;7-8H,1-6H3;1H4/t9-,10-;7-,8+;/m1../s1. The highest BCUT2D eigenvalue weighted by Gasteiger charge is 2.50. The van der Waals surface area contributed by atoms with E-state index in [1.807, 2.05) is 6.92 Å². The van der Waals surface area contributed by atoms with Gasteiger partial charge >= 0.3 is 6.16 Å². The third-order valence-corrected chi connectivity index (χ3v) is 5.23. The first-order chi connectivity index (χ1) is 13.3. The van der Waals surface area contributed by atoms with Crippen LogP contribution in [0.3, 0.4) is 0 Å². The lowest BCUT2D eigenvalue weighted by molar-refractivity contribution is -0.247. The molecule has 0 aromatic rings. The van der Waals surface area contributed by atoms with Crippen LogP contribution in [-0.2, 0) is 23.7 Å². The van der Waals surface area contributed by atoms with E-state index in [-0.39, 0.29) is 53.5 Å². The lowest BCUT2D eigenvalue weighted by Gasteiger charge is -2.36. The summed E-state index contributed by atoms with van der Waals surface area (Å²) in [5.41, 5.74) is -0.0399. The normalized spacial score (nSPS) is 27.7. The van der Waals surface area contributed by atoms with E-state index in [9.17, 15) is 4.79 Å². The first-order valence-corrected chi connectivity index (χ1v) is 11.1. The predicted octanol–water partition coefficient (Wildman–Crippen LogP) is 6.80. The van der Waals surface area contributed by atoms with Crippen molar-refractivity contribution in [3.8, 4) is 0 Å². The molecule has 0 radical (unpaired) electrons. The lowest BCUT2D eigenvalue weighted by Crippen LogP contribution is -2.42. The second-order valence-electron chi connectivity index (χ2n) is 12.6. The van der Waals surface area contributed by atoms with Gasteiger partial charge in [-0.05, 0) is 17.8 Å². The van der Waals surface area contributed by atoms with Crippen LogP contribution >= 0.6 is 0 Å². The Labute approximate surface area is 191 Å². The zero-order chi connectivity index (χ0) is 23.7. The highest BCUT2D eigenvalue weighted by molar-refractivity contribution is 5.62. The minimum Gasteiger partial charge on any atom is -0.426 e. The van der Waals surface area contributed by atoms with Crippen molar-refractivity contribution in [2.24, 2.45) is 21.7 Å². The summed E-state index contributed by atoms with van der Waals surface area (Å²) in [7, 11) is 0. The summed E-state index contributed by atoms with van der Waals surface area (Å²) < 4.78 is 27.5. The van der Waals surface area contributed by atoms with Gasteiger partial charge < -0.3 is 23.7 Å². The van der Waals surface area contributed by atoms with Crippen LogP contribution in [0.1, 0.15) is 97.4 Å². The Morgan fingerprint density at radius 1 is 0.645 bits per heavy atom. The van der Waals surface area contributed by atoms with Gasteiger partial charge in [0.25, 0.3) is 6.48 Å². The van der Waals surface area contributed by atoms with Crippen LogP contribution in [0.4, 0.5) is 4.79 Å². The van der Waals surface area contributed by atoms with Gasteiger partial charge in [0.2, 0.25) is 0 Å². The van der Waals surface area contributed by atoms with Crippen molar-refractivity contribution in [3.05, 3.63) is 0 Å². The van der Waals surface area contributed by atoms with E-state index in [4.69, 9.17) is 23.7 Å². The molecule has 2 rings (SSSR count). The third-order valence-electron chi connectivity index (χ3n) is 5.23. The molecule has 2 aliphatic rings. The molecule has 0 aliphatic carbocycles. The largest absolute Gasteiger partial charge is 0.509 e. The maximum absolute atomic E-state index is 11.1. The van der Waals surface area contributed by atoms with Crippen LogP contribution in [0.15, 0.2) is 0 Å². The van der Waals surface area contributed by atoms with Gasteiger partial charge in [0.15, 0.2) is 0 Å². The number of hydrogen-bond acceptors (Lipinski definition) is 6. The Hall–Kier alpha value is -0.850. The van der Waals surface area contributed by atoms with Gasteiger partial charge in [-0.1, -0.05) is 90.5 Å². The van der Waals surface area contributed by atoms with Crippen molar-refractivity contribution in [1.82, 2.24) is 0 Å². The first kappa shape index (κ1) is 30.1. The average molecular weight is 447 g/mol. The zero-order valence-electron chi connectivity index (χ0n) is 21.5. The van der Waals surface area contributed by atoms with Crippen molar-refractivity contribution >= 4 is 6.16 Å². The molecular formula is C25H50O6. The van der Waals surface area contributed by atoms with Gasteiger partial charge in [-0.15, -0.1) is 0 Å². The quantitative estimate of drug-likeness (QED) is 0.435. The molecular weight excluding hydrogens is 396 g/mol. The molecule has 0 aromatic heterocycles. The van der Waals surface area contributed by atoms with Crippen molar-refractivity contribution in [2.45, 2.75) is 128 Å². The fourth-order valence-corrected chi connectivity index (χ4v) is 3.57. The van der Waals surface area contributed by atoms with Crippen molar-refractivity contribution in [3.63, 3.8) is 0 Å². The number of hydrogen-bond donors (Lipinski definition) is 0. The molecule has 186 valence electrons. The fourth-order valence-electron chi connectivity index (χ4n) is 3.57. The SMILES string of the molecule is C.CC(C)(C)[C@@H]1OC(=O)O[C@@H]1C(C)(C)C.CCOC1O[C@@H](C(C)(C)C)[C@H](C(C)(C)C)O1. The number of ether oxygens (including phenoxy) is 5. The second kappa shape index (κ2) is 10.4. The molecule has 2 heterocycles. The summed E-state index contributed by atoms with van der Waals surface area (Å²) in [5.74, 6) is 0. The van der Waals surface area contributed by atoms with Gasteiger partial charge in [-0.3, -0.25) is 0 Å². The van der Waals surface area contributed by atoms with E-state index in [1.54, 1.807) is 0 Å². The summed E-state index contributed by atoms with van der Waals surface area (Å²) in [6.45, 7) is 27.4. The maximum atomic E-state index is 11.1. The van der Waals surface area contributed by atoms with E-state index in [0.29, 0.717) is 6.61 Å². The molecule has 0 spiro atoms. The number of cyclic esters (lactones) is 2. The van der Waals surface area contributed by atoms with Gasteiger partial charge in [0.05, 0.1) is 12.2 Å². The molecule has 0 aromatic carbocycles. The lowest BCUT2D eigenvalue weighted by atomic mass is 9.76. The molecule has 0 amide bonds. The third kappa shape index (κ3) is 8.54. The van der Waals surface area contributed by atoms with Gasteiger partial charge in [-0.2, -0.15) is 0 Å². The molecule has 0 N–H and O–H groups in total. The van der Waals surface area contributed by atoms with Crippen LogP contribution in [0, 0.1) is 21.7 Å². The van der Waals surface area contributed by atoms with E-state index < -0.39 is 12.6 Å². The molecule has 6 nitrogen and oxygen atoms in total. The molecule has 2 fully saturated rings. The summed E-state index contributed by atoms with van der Waals surface area (Å²) in [5, 5.41) is 0. The Morgan fingerprint density at radius 2 is 0.935 bits per heavy atom. The highest BCUT2D eigenvalue weighted by atomic mass is 16.9. The Balaban J connectivity index is 0.000000567. The summed E-state index contributed by atoms with van der Waals surface area (Å²) >= 11 is 0. The van der Waals surface area contributed by atoms with E-state index in [2.05, 4.69) is 83.1 Å². The Morgan fingerprint density at radius 3 is 1.16 bits per heavy atom. The molecule has 31 heavy (non-hydrogen) atoms. The van der Waals surface area contributed by atoms with Gasteiger partial charge in [0, 0.05) is 17.4 Å². The molecule has 0 bridgehead atoms.